The second-order valence-corrected chi connectivity index (χ2v) is 6.73. The van der Waals surface area contributed by atoms with Gasteiger partial charge in [-0.3, -0.25) is 9.59 Å². The Balaban J connectivity index is 2.08. The lowest BCUT2D eigenvalue weighted by molar-refractivity contribution is -0.105. The third-order valence-electron chi connectivity index (χ3n) is 1.38. The average Bonchev–Trinajstić information content (AvgIpc) is 2.86. The molecular formula is C8H4O2S4. The highest BCUT2D eigenvalue weighted by molar-refractivity contribution is 8.34. The van der Waals surface area contributed by atoms with E-state index in [4.69, 9.17) is 0 Å². The molecule has 2 rings (SSSR count). The third kappa shape index (κ3) is 2.13. The minimum atomic E-state index is 0.734. The average molecular weight is 260 g/mol. The van der Waals surface area contributed by atoms with Crippen molar-refractivity contribution < 1.29 is 9.59 Å². The fourth-order valence-corrected chi connectivity index (χ4v) is 5.26. The van der Waals surface area contributed by atoms with Gasteiger partial charge in [0.1, 0.15) is 0 Å². The van der Waals surface area contributed by atoms with Crippen molar-refractivity contribution in [3.8, 4) is 0 Å². The quantitative estimate of drug-likeness (QED) is 0.710. The Labute approximate surface area is 98.0 Å². The van der Waals surface area contributed by atoms with Gasteiger partial charge in [0.05, 0.1) is 18.3 Å². The SMILES string of the molecule is O=CC1=CS/C(=C2/SC=C(C=O)S2)S1. The van der Waals surface area contributed by atoms with Gasteiger partial charge in [-0.05, 0) is 10.8 Å². The van der Waals surface area contributed by atoms with E-state index in [9.17, 15) is 9.59 Å². The van der Waals surface area contributed by atoms with Gasteiger partial charge in [-0.15, -0.1) is 0 Å². The molecule has 0 fully saturated rings. The van der Waals surface area contributed by atoms with Gasteiger partial charge in [0, 0.05) is 0 Å². The molecule has 0 amide bonds. The van der Waals surface area contributed by atoms with Crippen LogP contribution in [-0.2, 0) is 9.59 Å². The van der Waals surface area contributed by atoms with E-state index in [-0.39, 0.29) is 0 Å². The van der Waals surface area contributed by atoms with Crippen LogP contribution in [0.3, 0.4) is 0 Å². The van der Waals surface area contributed by atoms with E-state index >= 15 is 0 Å². The van der Waals surface area contributed by atoms with E-state index in [1.54, 1.807) is 23.5 Å². The highest BCUT2D eigenvalue weighted by atomic mass is 32.2. The Bertz CT molecular complexity index is 345. The predicted octanol–water partition coefficient (Wildman–Crippen LogP) is 3.15. The third-order valence-corrected chi connectivity index (χ3v) is 6.54. The van der Waals surface area contributed by atoms with E-state index in [2.05, 4.69) is 0 Å². The maximum Gasteiger partial charge on any atom is 0.157 e. The first-order valence-corrected chi connectivity index (χ1v) is 6.96. The molecule has 2 nitrogen and oxygen atoms in total. The van der Waals surface area contributed by atoms with Crippen molar-refractivity contribution in [1.29, 1.82) is 0 Å². The standard InChI is InChI=1S/C8H4O2S4/c9-1-5-3-11-7(13-5)8-12-4-6(2-10)14-8/h1-4H/b8-7+. The molecule has 2 heterocycles. The van der Waals surface area contributed by atoms with Crippen LogP contribution < -0.4 is 0 Å². The van der Waals surface area contributed by atoms with Crippen LogP contribution in [0.1, 0.15) is 0 Å². The van der Waals surface area contributed by atoms with Crippen LogP contribution in [0.4, 0.5) is 0 Å². The molecule has 0 aromatic carbocycles. The van der Waals surface area contributed by atoms with Crippen molar-refractivity contribution in [1.82, 2.24) is 0 Å². The Hall–Kier alpha value is -0.0400. The molecular weight excluding hydrogens is 256 g/mol. The van der Waals surface area contributed by atoms with Crippen molar-refractivity contribution in [2.45, 2.75) is 0 Å². The number of thioether (sulfide) groups is 4. The molecule has 0 bridgehead atoms. The van der Waals surface area contributed by atoms with Crippen molar-refractivity contribution in [2.24, 2.45) is 0 Å². The summed E-state index contributed by atoms with van der Waals surface area (Å²) in [5.41, 5.74) is 0. The van der Waals surface area contributed by atoms with Crippen LogP contribution in [0.15, 0.2) is 29.1 Å². The second-order valence-electron chi connectivity index (χ2n) is 2.29. The van der Waals surface area contributed by atoms with Crippen LogP contribution >= 0.6 is 47.0 Å². The van der Waals surface area contributed by atoms with Gasteiger partial charge in [-0.2, -0.15) is 0 Å². The molecule has 0 aromatic rings. The van der Waals surface area contributed by atoms with Crippen LogP contribution in [0.5, 0.6) is 0 Å². The van der Waals surface area contributed by atoms with E-state index in [1.165, 1.54) is 23.5 Å². The van der Waals surface area contributed by atoms with E-state index in [1.807, 2.05) is 10.8 Å². The molecule has 2 aliphatic heterocycles. The monoisotopic (exact) mass is 260 g/mol. The second kappa shape index (κ2) is 4.65. The summed E-state index contributed by atoms with van der Waals surface area (Å²) in [6, 6.07) is 0. The van der Waals surface area contributed by atoms with Crippen molar-refractivity contribution in [3.05, 3.63) is 29.1 Å². The minimum Gasteiger partial charge on any atom is -0.297 e. The maximum absolute atomic E-state index is 10.5. The molecule has 6 heteroatoms. The van der Waals surface area contributed by atoms with E-state index in [0.29, 0.717) is 0 Å². The summed E-state index contributed by atoms with van der Waals surface area (Å²) in [6.45, 7) is 0. The Kier molecular flexibility index (Phi) is 3.48. The first-order chi connectivity index (χ1) is 6.83. The molecule has 0 atom stereocenters. The van der Waals surface area contributed by atoms with Gasteiger partial charge in [-0.25, -0.2) is 0 Å². The zero-order valence-electron chi connectivity index (χ0n) is 6.76. The minimum absolute atomic E-state index is 0.734. The number of carbonyl (C=O) groups excluding carboxylic acids is 2. The predicted molar refractivity (Wildman–Crippen MR) is 65.7 cm³/mol. The maximum atomic E-state index is 10.5. The van der Waals surface area contributed by atoms with Gasteiger partial charge in [-0.1, -0.05) is 47.0 Å². The Morgan fingerprint density at radius 1 is 0.857 bits per heavy atom. The molecule has 0 spiro atoms. The van der Waals surface area contributed by atoms with Crippen molar-refractivity contribution >= 4 is 59.6 Å². The summed E-state index contributed by atoms with van der Waals surface area (Å²) in [5, 5.41) is 3.67. The summed E-state index contributed by atoms with van der Waals surface area (Å²) in [6.07, 6.45) is 1.70. The van der Waals surface area contributed by atoms with Crippen LogP contribution in [0.25, 0.3) is 0 Å². The smallest absolute Gasteiger partial charge is 0.157 e. The largest absolute Gasteiger partial charge is 0.297 e. The Morgan fingerprint density at radius 3 is 1.57 bits per heavy atom. The van der Waals surface area contributed by atoms with Crippen molar-refractivity contribution in [3.63, 3.8) is 0 Å². The first kappa shape index (κ1) is 10.5. The van der Waals surface area contributed by atoms with Gasteiger partial charge < -0.3 is 0 Å². The fourth-order valence-electron chi connectivity index (χ4n) is 0.817. The van der Waals surface area contributed by atoms with Gasteiger partial charge >= 0.3 is 0 Å². The molecule has 0 radical (unpaired) electrons. The number of hydrogen-bond donors (Lipinski definition) is 0. The lowest BCUT2D eigenvalue weighted by Crippen LogP contribution is -1.72. The van der Waals surface area contributed by atoms with Crippen molar-refractivity contribution in [2.75, 3.05) is 0 Å². The zero-order valence-corrected chi connectivity index (χ0v) is 10.0. The normalized spacial score (nSPS) is 26.0. The number of aldehydes is 2. The number of allylic oxidation sites excluding steroid dienone is 2. The number of carbonyl (C=O) groups is 2. The molecule has 0 aromatic heterocycles. The topological polar surface area (TPSA) is 34.1 Å². The fraction of sp³-hybridized carbons (Fsp3) is 0. The molecule has 0 aliphatic carbocycles. The summed E-state index contributed by atoms with van der Waals surface area (Å²) in [5.74, 6) is 0. The molecule has 0 unspecified atom stereocenters. The molecule has 0 saturated heterocycles. The molecule has 0 saturated carbocycles. The number of rotatable bonds is 2. The highest BCUT2D eigenvalue weighted by Crippen LogP contribution is 2.54. The zero-order chi connectivity index (χ0) is 9.97. The van der Waals surface area contributed by atoms with E-state index in [0.717, 1.165) is 30.9 Å². The summed E-state index contributed by atoms with van der Waals surface area (Å²) in [4.78, 5) is 22.4. The Morgan fingerprint density at radius 2 is 1.29 bits per heavy atom. The lowest BCUT2D eigenvalue weighted by atomic mass is 10.7. The first-order valence-electron chi connectivity index (χ1n) is 3.57. The summed E-state index contributed by atoms with van der Waals surface area (Å²) < 4.78 is 2.19. The molecule has 72 valence electrons. The van der Waals surface area contributed by atoms with Crippen LogP contribution in [0, 0.1) is 0 Å². The van der Waals surface area contributed by atoms with E-state index < -0.39 is 0 Å². The van der Waals surface area contributed by atoms with Gasteiger partial charge in [0.2, 0.25) is 0 Å². The highest BCUT2D eigenvalue weighted by Gasteiger charge is 2.21. The lowest BCUT2D eigenvalue weighted by Gasteiger charge is -1.99. The molecule has 14 heavy (non-hydrogen) atoms. The van der Waals surface area contributed by atoms with Gasteiger partial charge in [0.15, 0.2) is 12.6 Å². The summed E-state index contributed by atoms with van der Waals surface area (Å²) >= 11 is 6.02. The van der Waals surface area contributed by atoms with Crippen LogP contribution in [0.2, 0.25) is 0 Å². The van der Waals surface area contributed by atoms with Crippen LogP contribution in [-0.4, -0.2) is 12.6 Å². The van der Waals surface area contributed by atoms with Gasteiger partial charge in [0.25, 0.3) is 0 Å². The molecule has 0 N–H and O–H groups in total. The summed E-state index contributed by atoms with van der Waals surface area (Å²) in [7, 11) is 0. The molecule has 2 aliphatic rings. The number of hydrogen-bond acceptors (Lipinski definition) is 6.